The van der Waals surface area contributed by atoms with Gasteiger partial charge in [-0.15, -0.1) is 11.3 Å². The number of benzene rings is 1. The number of anilines is 1. The molecule has 2 N–H and O–H groups in total. The van der Waals surface area contributed by atoms with E-state index in [0.717, 1.165) is 5.56 Å². The van der Waals surface area contributed by atoms with E-state index >= 15 is 0 Å². The highest BCUT2D eigenvalue weighted by atomic mass is 32.1. The fourth-order valence-electron chi connectivity index (χ4n) is 2.75. The summed E-state index contributed by atoms with van der Waals surface area (Å²) in [5, 5.41) is 1.84. The lowest BCUT2D eigenvalue weighted by molar-refractivity contribution is 0.0525. The van der Waals surface area contributed by atoms with Gasteiger partial charge in [0.1, 0.15) is 5.56 Å². The first-order valence-electron chi connectivity index (χ1n) is 7.76. The Morgan fingerprint density at radius 3 is 2.80 bits per heavy atom. The van der Waals surface area contributed by atoms with Crippen molar-refractivity contribution in [2.24, 2.45) is 0 Å². The van der Waals surface area contributed by atoms with E-state index in [0.29, 0.717) is 22.4 Å². The normalized spacial score (nSPS) is 10.8. The van der Waals surface area contributed by atoms with Gasteiger partial charge in [0.25, 0.3) is 5.56 Å². The highest BCUT2D eigenvalue weighted by molar-refractivity contribution is 7.17. The Kier molecular flexibility index (Phi) is 4.76. The molecule has 0 amide bonds. The summed E-state index contributed by atoms with van der Waals surface area (Å²) in [5.74, 6) is -0.558. The minimum absolute atomic E-state index is 0.00250. The molecule has 0 bridgehead atoms. The molecule has 2 aromatic heterocycles. The highest BCUT2D eigenvalue weighted by Gasteiger charge is 2.24. The van der Waals surface area contributed by atoms with Crippen LogP contribution in [0.4, 0.5) is 5.69 Å². The molecule has 7 heteroatoms. The smallest absolute Gasteiger partial charge is 0.343 e. The number of nitrogens with two attached hydrogens (primary N) is 1. The second kappa shape index (κ2) is 6.98. The van der Waals surface area contributed by atoms with Gasteiger partial charge in [0, 0.05) is 5.69 Å². The Labute approximate surface area is 148 Å². The topological polar surface area (TPSA) is 83.5 Å². The predicted molar refractivity (Wildman–Crippen MR) is 98.5 cm³/mol. The third-order valence-electron chi connectivity index (χ3n) is 3.80. The van der Waals surface area contributed by atoms with E-state index in [1.807, 2.05) is 29.6 Å². The van der Waals surface area contributed by atoms with Gasteiger partial charge in [0.15, 0.2) is 0 Å². The van der Waals surface area contributed by atoms with E-state index in [1.54, 1.807) is 17.6 Å². The molecule has 130 valence electrons. The summed E-state index contributed by atoms with van der Waals surface area (Å²) in [6.45, 7) is 2.27. The van der Waals surface area contributed by atoms with Crippen LogP contribution >= 0.6 is 11.3 Å². The fourth-order valence-corrected chi connectivity index (χ4v) is 3.68. The molecule has 0 aliphatic carbocycles. The number of esters is 1. The molecular formula is C18H18N2O4S. The van der Waals surface area contributed by atoms with Crippen molar-refractivity contribution in [3.8, 4) is 5.75 Å². The number of fused-ring (bicyclic) bond motifs is 1. The van der Waals surface area contributed by atoms with Crippen LogP contribution in [-0.2, 0) is 11.3 Å². The van der Waals surface area contributed by atoms with Gasteiger partial charge in [0.05, 0.1) is 30.5 Å². The van der Waals surface area contributed by atoms with Crippen LogP contribution in [0.1, 0.15) is 22.8 Å². The van der Waals surface area contributed by atoms with Gasteiger partial charge in [0.2, 0.25) is 5.75 Å². The van der Waals surface area contributed by atoms with Gasteiger partial charge in [-0.3, -0.25) is 9.36 Å². The Morgan fingerprint density at radius 1 is 1.32 bits per heavy atom. The number of methoxy groups -OCH3 is 1. The molecule has 3 rings (SSSR count). The third-order valence-corrected chi connectivity index (χ3v) is 4.73. The third kappa shape index (κ3) is 3.10. The molecule has 6 nitrogen and oxygen atoms in total. The van der Waals surface area contributed by atoms with Crippen molar-refractivity contribution >= 4 is 33.2 Å². The molecule has 0 saturated carbocycles. The molecule has 0 aliphatic rings. The van der Waals surface area contributed by atoms with E-state index in [1.165, 1.54) is 18.4 Å². The maximum absolute atomic E-state index is 12.9. The number of aromatic nitrogens is 1. The van der Waals surface area contributed by atoms with E-state index in [2.05, 4.69) is 0 Å². The molecule has 0 spiro atoms. The van der Waals surface area contributed by atoms with Crippen LogP contribution in [0.15, 0.2) is 40.5 Å². The van der Waals surface area contributed by atoms with Crippen molar-refractivity contribution in [3.63, 3.8) is 0 Å². The van der Waals surface area contributed by atoms with Gasteiger partial charge in [-0.05, 0) is 36.1 Å². The lowest BCUT2D eigenvalue weighted by atomic mass is 10.1. The number of nitrogen functional groups attached to an aromatic ring is 1. The minimum Gasteiger partial charge on any atom is -0.490 e. The molecule has 0 saturated heterocycles. The second-order valence-corrected chi connectivity index (χ2v) is 6.32. The zero-order valence-corrected chi connectivity index (χ0v) is 14.8. The Hall–Kier alpha value is -2.80. The Morgan fingerprint density at radius 2 is 2.12 bits per heavy atom. The Balaban J connectivity index is 2.22. The van der Waals surface area contributed by atoms with E-state index in [9.17, 15) is 9.59 Å². The molecule has 0 fully saturated rings. The molecule has 0 unspecified atom stereocenters. The second-order valence-electron chi connectivity index (χ2n) is 5.40. The number of rotatable bonds is 5. The van der Waals surface area contributed by atoms with Gasteiger partial charge in [-0.25, -0.2) is 4.79 Å². The molecule has 25 heavy (non-hydrogen) atoms. The summed E-state index contributed by atoms with van der Waals surface area (Å²) >= 11 is 1.37. The van der Waals surface area contributed by atoms with Gasteiger partial charge in [-0.2, -0.15) is 0 Å². The molecule has 1 aromatic carbocycles. The largest absolute Gasteiger partial charge is 0.490 e. The summed E-state index contributed by atoms with van der Waals surface area (Å²) in [6, 6.07) is 9.15. The van der Waals surface area contributed by atoms with Gasteiger partial charge in [-0.1, -0.05) is 12.1 Å². The van der Waals surface area contributed by atoms with Crippen molar-refractivity contribution in [1.82, 2.24) is 4.57 Å². The maximum atomic E-state index is 12.9. The number of thiophene rings is 1. The summed E-state index contributed by atoms with van der Waals surface area (Å²) < 4.78 is 12.6. The predicted octanol–water partition coefficient (Wildman–Crippen LogP) is 2.88. The molecule has 3 aromatic rings. The molecule has 0 atom stereocenters. The Bertz CT molecular complexity index is 990. The van der Waals surface area contributed by atoms with Crippen LogP contribution in [0.3, 0.4) is 0 Å². The van der Waals surface area contributed by atoms with Crippen LogP contribution < -0.4 is 16.0 Å². The average molecular weight is 358 g/mol. The zero-order chi connectivity index (χ0) is 18.0. The van der Waals surface area contributed by atoms with Crippen LogP contribution in [-0.4, -0.2) is 24.3 Å². The molecule has 0 radical (unpaired) electrons. The standard InChI is InChI=1S/C18H18N2O4S/c1-3-24-18(22)14-15(23-2)17(21)20(13-7-8-25-16(13)14)10-11-5-4-6-12(19)9-11/h4-9H,3,10,19H2,1-2H3. The van der Waals surface area contributed by atoms with Gasteiger partial charge >= 0.3 is 5.97 Å². The molecule has 0 aliphatic heterocycles. The van der Waals surface area contributed by atoms with Crippen molar-refractivity contribution in [3.05, 3.63) is 57.2 Å². The lowest BCUT2D eigenvalue weighted by Crippen LogP contribution is -2.25. The minimum atomic E-state index is -0.556. The van der Waals surface area contributed by atoms with Gasteiger partial charge < -0.3 is 15.2 Å². The van der Waals surface area contributed by atoms with Crippen LogP contribution in [0.5, 0.6) is 5.75 Å². The maximum Gasteiger partial charge on any atom is 0.343 e. The zero-order valence-electron chi connectivity index (χ0n) is 13.9. The number of hydrogen-bond acceptors (Lipinski definition) is 6. The summed E-state index contributed by atoms with van der Waals surface area (Å²) in [6.07, 6.45) is 0. The number of nitrogens with zero attached hydrogens (tertiary/aromatic N) is 1. The number of hydrogen-bond donors (Lipinski definition) is 1. The molecular weight excluding hydrogens is 340 g/mol. The monoisotopic (exact) mass is 358 g/mol. The van der Waals surface area contributed by atoms with Crippen LogP contribution in [0.25, 0.3) is 10.2 Å². The number of ether oxygens (including phenoxy) is 2. The van der Waals surface area contributed by atoms with Crippen molar-refractivity contribution in [1.29, 1.82) is 0 Å². The SMILES string of the molecule is CCOC(=O)c1c(OC)c(=O)n(Cc2cccc(N)c2)c2ccsc12. The average Bonchev–Trinajstić information content (AvgIpc) is 3.06. The van der Waals surface area contributed by atoms with Crippen LogP contribution in [0.2, 0.25) is 0 Å². The number of carbonyl (C=O) groups excluding carboxylic acids is 1. The summed E-state index contributed by atoms with van der Waals surface area (Å²) in [5.41, 5.74) is 7.82. The van der Waals surface area contributed by atoms with E-state index in [4.69, 9.17) is 15.2 Å². The number of pyridine rings is 1. The van der Waals surface area contributed by atoms with Crippen LogP contribution in [0, 0.1) is 0 Å². The first-order chi connectivity index (χ1) is 12.1. The first kappa shape index (κ1) is 17.0. The summed E-state index contributed by atoms with van der Waals surface area (Å²) in [4.78, 5) is 25.3. The summed E-state index contributed by atoms with van der Waals surface area (Å²) in [7, 11) is 1.38. The fraction of sp³-hybridized carbons (Fsp3) is 0.222. The van der Waals surface area contributed by atoms with Crippen molar-refractivity contribution in [2.75, 3.05) is 19.5 Å². The van der Waals surface area contributed by atoms with Crippen molar-refractivity contribution in [2.45, 2.75) is 13.5 Å². The van der Waals surface area contributed by atoms with E-state index < -0.39 is 5.97 Å². The number of carbonyl (C=O) groups is 1. The quantitative estimate of drug-likeness (QED) is 0.560. The molecule has 2 heterocycles. The van der Waals surface area contributed by atoms with E-state index in [-0.39, 0.29) is 23.5 Å². The lowest BCUT2D eigenvalue weighted by Gasteiger charge is -2.14. The van der Waals surface area contributed by atoms with Crippen molar-refractivity contribution < 1.29 is 14.3 Å². The first-order valence-corrected chi connectivity index (χ1v) is 8.64. The highest BCUT2D eigenvalue weighted by Crippen LogP contribution is 2.30.